The molecule has 1 fully saturated rings. The molecule has 1 heterocycles. The quantitative estimate of drug-likeness (QED) is 0.913. The highest BCUT2D eigenvalue weighted by Crippen LogP contribution is 2.24. The first-order chi connectivity index (χ1) is 11.9. The maximum atomic E-state index is 12.8. The molecule has 0 aromatic heterocycles. The number of nitrogens with zero attached hydrogens (tertiary/aromatic N) is 1. The molecule has 0 bridgehead atoms. The molecule has 1 unspecified atom stereocenters. The fourth-order valence-electron chi connectivity index (χ4n) is 3.18. The van der Waals surface area contributed by atoms with Crippen LogP contribution in [0.15, 0.2) is 54.6 Å². The average Bonchev–Trinajstić information content (AvgIpc) is 2.62. The van der Waals surface area contributed by atoms with Gasteiger partial charge in [-0.25, -0.2) is 12.7 Å². The molecule has 1 atom stereocenters. The van der Waals surface area contributed by atoms with Crippen LogP contribution in [0.25, 0.3) is 11.1 Å². The lowest BCUT2D eigenvalue weighted by Crippen LogP contribution is -2.49. The van der Waals surface area contributed by atoms with E-state index in [0.717, 1.165) is 24.0 Å². The van der Waals surface area contributed by atoms with Gasteiger partial charge < -0.3 is 5.32 Å². The SMILES string of the molecule is CS(=O)(=O)N1CCCC(NC(=O)c2ccccc2-c2ccccc2)C1. The molecule has 132 valence electrons. The number of hydrogen-bond donors (Lipinski definition) is 1. The fraction of sp³-hybridized carbons (Fsp3) is 0.316. The molecular weight excluding hydrogens is 336 g/mol. The maximum absolute atomic E-state index is 12.8. The summed E-state index contributed by atoms with van der Waals surface area (Å²) in [5, 5.41) is 3.00. The molecule has 0 saturated carbocycles. The second-order valence-corrected chi connectivity index (χ2v) is 8.33. The van der Waals surface area contributed by atoms with Crippen LogP contribution in [0.4, 0.5) is 0 Å². The Morgan fingerprint density at radius 3 is 2.48 bits per heavy atom. The highest BCUT2D eigenvalue weighted by molar-refractivity contribution is 7.88. The van der Waals surface area contributed by atoms with Gasteiger partial charge in [0.25, 0.3) is 5.91 Å². The average molecular weight is 358 g/mol. The molecular formula is C19H22N2O3S. The van der Waals surface area contributed by atoms with E-state index in [1.165, 1.54) is 10.6 Å². The van der Waals surface area contributed by atoms with Gasteiger partial charge in [-0.3, -0.25) is 4.79 Å². The van der Waals surface area contributed by atoms with Gasteiger partial charge in [0.1, 0.15) is 0 Å². The molecule has 0 radical (unpaired) electrons. The lowest BCUT2D eigenvalue weighted by molar-refractivity contribution is 0.0922. The first-order valence-corrected chi connectivity index (χ1v) is 10.2. The van der Waals surface area contributed by atoms with Gasteiger partial charge >= 0.3 is 0 Å². The van der Waals surface area contributed by atoms with Gasteiger partial charge in [0.05, 0.1) is 6.26 Å². The summed E-state index contributed by atoms with van der Waals surface area (Å²) in [6.07, 6.45) is 2.74. The van der Waals surface area contributed by atoms with Crippen molar-refractivity contribution in [1.29, 1.82) is 0 Å². The van der Waals surface area contributed by atoms with E-state index < -0.39 is 10.0 Å². The minimum atomic E-state index is -3.23. The van der Waals surface area contributed by atoms with E-state index in [9.17, 15) is 13.2 Å². The third-order valence-electron chi connectivity index (χ3n) is 4.44. The van der Waals surface area contributed by atoms with Crippen molar-refractivity contribution in [2.24, 2.45) is 0 Å². The molecule has 25 heavy (non-hydrogen) atoms. The zero-order valence-corrected chi connectivity index (χ0v) is 15.0. The van der Waals surface area contributed by atoms with E-state index in [1.807, 2.05) is 48.5 Å². The Bertz CT molecular complexity index is 850. The lowest BCUT2D eigenvalue weighted by Gasteiger charge is -2.31. The summed E-state index contributed by atoms with van der Waals surface area (Å²) >= 11 is 0. The Morgan fingerprint density at radius 1 is 1.08 bits per heavy atom. The minimum absolute atomic E-state index is 0.167. The van der Waals surface area contributed by atoms with Gasteiger partial charge in [0.15, 0.2) is 0 Å². The molecule has 1 saturated heterocycles. The van der Waals surface area contributed by atoms with Gasteiger partial charge in [-0.1, -0.05) is 48.5 Å². The Labute approximate surface area is 148 Å². The number of amides is 1. The summed E-state index contributed by atoms with van der Waals surface area (Å²) in [6.45, 7) is 0.851. The predicted molar refractivity (Wildman–Crippen MR) is 98.8 cm³/mol. The zero-order valence-electron chi connectivity index (χ0n) is 14.2. The number of sulfonamides is 1. The van der Waals surface area contributed by atoms with Gasteiger partial charge in [-0.2, -0.15) is 0 Å². The minimum Gasteiger partial charge on any atom is -0.348 e. The van der Waals surface area contributed by atoms with Crippen molar-refractivity contribution in [1.82, 2.24) is 9.62 Å². The number of nitrogens with one attached hydrogen (secondary N) is 1. The van der Waals surface area contributed by atoms with Crippen LogP contribution in [-0.2, 0) is 10.0 Å². The topological polar surface area (TPSA) is 66.5 Å². The summed E-state index contributed by atoms with van der Waals surface area (Å²) in [6, 6.07) is 17.1. The number of hydrogen-bond acceptors (Lipinski definition) is 3. The molecule has 1 aliphatic heterocycles. The number of benzene rings is 2. The molecule has 2 aromatic carbocycles. The second-order valence-electron chi connectivity index (χ2n) is 6.35. The molecule has 5 nitrogen and oxygen atoms in total. The third-order valence-corrected chi connectivity index (χ3v) is 5.71. The van der Waals surface area contributed by atoms with Crippen LogP contribution in [-0.4, -0.2) is 44.0 Å². The van der Waals surface area contributed by atoms with Gasteiger partial charge in [0, 0.05) is 24.7 Å². The Hall–Kier alpha value is -2.18. The summed E-state index contributed by atoms with van der Waals surface area (Å²) < 4.78 is 24.9. The molecule has 1 N–H and O–H groups in total. The van der Waals surface area contributed by atoms with Crippen molar-refractivity contribution >= 4 is 15.9 Å². The second kappa shape index (κ2) is 7.37. The first kappa shape index (κ1) is 17.6. The van der Waals surface area contributed by atoms with Crippen molar-refractivity contribution in [3.8, 4) is 11.1 Å². The standard InChI is InChI=1S/C19H22N2O3S/c1-25(23,24)21-13-7-10-16(14-21)20-19(22)18-12-6-5-11-17(18)15-8-3-2-4-9-15/h2-6,8-9,11-12,16H,7,10,13-14H2,1H3,(H,20,22). The molecule has 0 spiro atoms. The maximum Gasteiger partial charge on any atom is 0.252 e. The Kier molecular flexibility index (Phi) is 5.20. The van der Waals surface area contributed by atoms with Crippen molar-refractivity contribution < 1.29 is 13.2 Å². The van der Waals surface area contributed by atoms with Crippen LogP contribution < -0.4 is 5.32 Å². The largest absolute Gasteiger partial charge is 0.348 e. The summed E-state index contributed by atoms with van der Waals surface area (Å²) in [7, 11) is -3.23. The fourth-order valence-corrected chi connectivity index (χ4v) is 4.09. The van der Waals surface area contributed by atoms with Crippen LogP contribution in [0.2, 0.25) is 0 Å². The predicted octanol–water partition coefficient (Wildman–Crippen LogP) is 2.51. The van der Waals surface area contributed by atoms with Crippen LogP contribution in [0, 0.1) is 0 Å². The summed E-state index contributed by atoms with van der Waals surface area (Å²) in [5.74, 6) is -0.167. The van der Waals surface area contributed by atoms with Crippen molar-refractivity contribution in [3.63, 3.8) is 0 Å². The zero-order chi connectivity index (χ0) is 17.9. The summed E-state index contributed by atoms with van der Waals surface area (Å²) in [4.78, 5) is 12.8. The van der Waals surface area contributed by atoms with Gasteiger partial charge in [0.2, 0.25) is 10.0 Å². The number of carbonyl (C=O) groups is 1. The van der Waals surface area contributed by atoms with Gasteiger partial charge in [-0.05, 0) is 30.0 Å². The van der Waals surface area contributed by atoms with Crippen molar-refractivity contribution in [2.45, 2.75) is 18.9 Å². The molecule has 1 aliphatic rings. The highest BCUT2D eigenvalue weighted by Gasteiger charge is 2.27. The molecule has 2 aromatic rings. The smallest absolute Gasteiger partial charge is 0.252 e. The number of piperidine rings is 1. The highest BCUT2D eigenvalue weighted by atomic mass is 32.2. The lowest BCUT2D eigenvalue weighted by atomic mass is 9.98. The van der Waals surface area contributed by atoms with Crippen LogP contribution in [0.1, 0.15) is 23.2 Å². The van der Waals surface area contributed by atoms with Crippen LogP contribution >= 0.6 is 0 Å². The molecule has 0 aliphatic carbocycles. The van der Waals surface area contributed by atoms with E-state index in [4.69, 9.17) is 0 Å². The Morgan fingerprint density at radius 2 is 1.76 bits per heavy atom. The molecule has 3 rings (SSSR count). The third kappa shape index (κ3) is 4.27. The van der Waals surface area contributed by atoms with E-state index >= 15 is 0 Å². The van der Waals surface area contributed by atoms with Gasteiger partial charge in [-0.15, -0.1) is 0 Å². The molecule has 1 amide bonds. The summed E-state index contributed by atoms with van der Waals surface area (Å²) in [5.41, 5.74) is 2.45. The Balaban J connectivity index is 1.78. The van der Waals surface area contributed by atoms with Crippen molar-refractivity contribution in [3.05, 3.63) is 60.2 Å². The number of carbonyl (C=O) groups excluding carboxylic acids is 1. The normalized spacial score (nSPS) is 18.7. The van der Waals surface area contributed by atoms with E-state index in [-0.39, 0.29) is 11.9 Å². The number of rotatable bonds is 4. The first-order valence-electron chi connectivity index (χ1n) is 8.35. The van der Waals surface area contributed by atoms with E-state index in [0.29, 0.717) is 18.7 Å². The van der Waals surface area contributed by atoms with E-state index in [2.05, 4.69) is 5.32 Å². The van der Waals surface area contributed by atoms with Crippen molar-refractivity contribution in [2.75, 3.05) is 19.3 Å². The van der Waals surface area contributed by atoms with Crippen LogP contribution in [0.5, 0.6) is 0 Å². The van der Waals surface area contributed by atoms with E-state index in [1.54, 1.807) is 6.07 Å². The van der Waals surface area contributed by atoms with Crippen LogP contribution in [0.3, 0.4) is 0 Å². The monoisotopic (exact) mass is 358 g/mol. The molecule has 6 heteroatoms.